The summed E-state index contributed by atoms with van der Waals surface area (Å²) in [7, 11) is -4.44. The van der Waals surface area contributed by atoms with Crippen LogP contribution in [0.15, 0.2) is 71.9 Å². The van der Waals surface area contributed by atoms with Crippen LogP contribution in [0.4, 0.5) is 5.82 Å². The number of carbonyl (C=O) groups excluding carboxylic acids is 1. The van der Waals surface area contributed by atoms with Gasteiger partial charge in [0.15, 0.2) is 10.8 Å². The van der Waals surface area contributed by atoms with Crippen molar-refractivity contribution in [2.24, 2.45) is 11.8 Å². The van der Waals surface area contributed by atoms with Gasteiger partial charge in [-0.1, -0.05) is 67.6 Å². The minimum atomic E-state index is -4.44. The van der Waals surface area contributed by atoms with Crippen LogP contribution in [0.1, 0.15) is 81.1 Å². The number of pyridine rings is 2. The number of sulfonamides is 1. The molecule has 4 heterocycles. The Morgan fingerprint density at radius 3 is 2.57 bits per heavy atom. The van der Waals surface area contributed by atoms with E-state index in [0.717, 1.165) is 37.8 Å². The van der Waals surface area contributed by atoms with E-state index in [1.165, 1.54) is 48.6 Å². The van der Waals surface area contributed by atoms with Crippen molar-refractivity contribution >= 4 is 33.3 Å². The summed E-state index contributed by atoms with van der Waals surface area (Å²) >= 11 is 6.41. The van der Waals surface area contributed by atoms with E-state index in [1.54, 1.807) is 18.3 Å². The van der Waals surface area contributed by atoms with Crippen molar-refractivity contribution in [1.82, 2.24) is 29.8 Å². The van der Waals surface area contributed by atoms with E-state index in [-0.39, 0.29) is 33.6 Å². The summed E-state index contributed by atoms with van der Waals surface area (Å²) in [5, 5.41) is 10.6. The highest BCUT2D eigenvalue weighted by Crippen LogP contribution is 2.29. The topological polar surface area (TPSA) is 149 Å². The van der Waals surface area contributed by atoms with Gasteiger partial charge in [-0.3, -0.25) is 4.79 Å². The zero-order chi connectivity index (χ0) is 35.8. The highest BCUT2D eigenvalue weighted by atomic mass is 35.5. The molecule has 12 nitrogen and oxygen atoms in total. The first-order chi connectivity index (χ1) is 24.5. The van der Waals surface area contributed by atoms with E-state index in [2.05, 4.69) is 44.3 Å². The Labute approximate surface area is 304 Å². The van der Waals surface area contributed by atoms with E-state index in [9.17, 15) is 13.2 Å². The Kier molecular flexibility index (Phi) is 11.8. The van der Waals surface area contributed by atoms with Crippen LogP contribution < -0.4 is 24.8 Å². The molecule has 1 atom stereocenters. The van der Waals surface area contributed by atoms with Crippen molar-refractivity contribution in [3.05, 3.63) is 83.1 Å². The average molecular weight is 736 g/mol. The van der Waals surface area contributed by atoms with E-state index < -0.39 is 15.9 Å². The normalized spacial score (nSPS) is 17.4. The summed E-state index contributed by atoms with van der Waals surface area (Å²) < 4.78 is 42.5. The average Bonchev–Trinajstić information content (AvgIpc) is 3.88. The molecule has 1 amide bonds. The van der Waals surface area contributed by atoms with Crippen LogP contribution in [0.2, 0.25) is 5.15 Å². The van der Waals surface area contributed by atoms with Gasteiger partial charge in [0, 0.05) is 36.5 Å². The molecule has 1 aromatic carbocycles. The third-order valence-corrected chi connectivity index (χ3v) is 10.9. The molecule has 1 aliphatic heterocycles. The number of aromatic nitrogens is 4. The van der Waals surface area contributed by atoms with Crippen molar-refractivity contribution < 1.29 is 22.7 Å². The van der Waals surface area contributed by atoms with Gasteiger partial charge in [-0.2, -0.15) is 8.42 Å². The fourth-order valence-electron chi connectivity index (χ4n) is 6.72. The number of benzene rings is 1. The van der Waals surface area contributed by atoms with Crippen LogP contribution in [0, 0.1) is 11.8 Å². The Morgan fingerprint density at radius 2 is 1.82 bits per heavy atom. The number of ether oxygens (including phenoxy) is 2. The zero-order valence-corrected chi connectivity index (χ0v) is 30.7. The van der Waals surface area contributed by atoms with Crippen molar-refractivity contribution in [2.75, 3.05) is 25.0 Å². The van der Waals surface area contributed by atoms with E-state index in [0.29, 0.717) is 42.5 Å². The molecule has 51 heavy (non-hydrogen) atoms. The molecule has 0 radical (unpaired) electrons. The van der Waals surface area contributed by atoms with Gasteiger partial charge in [0.1, 0.15) is 23.3 Å². The molecule has 1 saturated heterocycles. The monoisotopic (exact) mass is 735 g/mol. The standard InChI is InChI=1S/C37H46ClN7O5S/c1-37(2)23-28(24-40-37)13-8-18-39-31-21-29(50-25-27-11-4-3-5-12-27)22-34(41-31)51(47,48)44-36(46)30-14-15-32(42-35(30)38)45-19-16-33(43-45)49-20-17-26-9-6-7-10-26/h3-5,11-12,14-16,19,21-22,26,28,40H,6-10,13,17-18,20,23-25H2,1-2H3,(H,39,41)(H,44,46)/t28-/m0/s1. The van der Waals surface area contributed by atoms with Crippen LogP contribution in [0.25, 0.3) is 5.82 Å². The van der Waals surface area contributed by atoms with E-state index >= 15 is 0 Å². The first kappa shape index (κ1) is 36.6. The fourth-order valence-corrected chi connectivity index (χ4v) is 7.91. The van der Waals surface area contributed by atoms with Gasteiger partial charge in [-0.15, -0.1) is 5.10 Å². The molecule has 4 aromatic rings. The predicted molar refractivity (Wildman–Crippen MR) is 196 cm³/mol. The molecule has 2 aliphatic rings. The fraction of sp³-hybridized carbons (Fsp3) is 0.459. The maximum absolute atomic E-state index is 13.6. The number of halogens is 1. The quantitative estimate of drug-likeness (QED) is 0.0854. The second-order valence-electron chi connectivity index (χ2n) is 14.0. The lowest BCUT2D eigenvalue weighted by atomic mass is 9.94. The molecule has 2 fully saturated rings. The molecule has 1 saturated carbocycles. The Balaban J connectivity index is 1.11. The molecule has 272 valence electrons. The Bertz CT molecular complexity index is 1900. The summed E-state index contributed by atoms with van der Waals surface area (Å²) in [6.07, 6.45) is 10.8. The molecule has 0 spiro atoms. The number of amides is 1. The van der Waals surface area contributed by atoms with Crippen LogP contribution >= 0.6 is 11.6 Å². The first-order valence-electron chi connectivity index (χ1n) is 17.6. The van der Waals surface area contributed by atoms with E-state index in [4.69, 9.17) is 21.1 Å². The number of hydrogen-bond donors (Lipinski definition) is 3. The Hall–Kier alpha value is -4.20. The number of hydrogen-bond acceptors (Lipinski definition) is 10. The Morgan fingerprint density at radius 1 is 1.02 bits per heavy atom. The third kappa shape index (κ3) is 10.2. The summed E-state index contributed by atoms with van der Waals surface area (Å²) in [6.45, 7) is 6.81. The van der Waals surface area contributed by atoms with Gasteiger partial charge < -0.3 is 20.1 Å². The first-order valence-corrected chi connectivity index (χ1v) is 19.5. The lowest BCUT2D eigenvalue weighted by Gasteiger charge is -2.17. The number of carbonyl (C=O) groups is 1. The minimum Gasteiger partial charge on any atom is -0.489 e. The molecule has 3 N–H and O–H groups in total. The van der Waals surface area contributed by atoms with Gasteiger partial charge in [-0.05, 0) is 75.6 Å². The molecule has 0 unspecified atom stereocenters. The largest absolute Gasteiger partial charge is 0.489 e. The summed E-state index contributed by atoms with van der Waals surface area (Å²) in [5.41, 5.74) is 0.939. The molecular formula is C37H46ClN7O5S. The van der Waals surface area contributed by atoms with Crippen molar-refractivity contribution in [3.63, 3.8) is 0 Å². The second kappa shape index (κ2) is 16.4. The summed E-state index contributed by atoms with van der Waals surface area (Å²) in [6, 6.07) is 17.2. The molecule has 0 bridgehead atoms. The highest BCUT2D eigenvalue weighted by Gasteiger charge is 2.29. The molecule has 1 aliphatic carbocycles. The maximum atomic E-state index is 13.6. The van der Waals surface area contributed by atoms with Crippen LogP contribution in [-0.4, -0.2) is 59.3 Å². The van der Waals surface area contributed by atoms with Crippen molar-refractivity contribution in [2.45, 2.75) is 82.4 Å². The molecule has 3 aromatic heterocycles. The zero-order valence-electron chi connectivity index (χ0n) is 29.1. The SMILES string of the molecule is CC1(C)C[C@H](CCCNc2cc(OCc3ccccc3)cc(S(=O)(=O)NC(=O)c3ccc(-n4ccc(OCCC5CCCC5)n4)nc3Cl)n2)CN1. The number of anilines is 1. The lowest BCUT2D eigenvalue weighted by Crippen LogP contribution is -2.31. The van der Waals surface area contributed by atoms with Crippen molar-refractivity contribution in [3.8, 4) is 17.4 Å². The summed E-state index contributed by atoms with van der Waals surface area (Å²) in [4.78, 5) is 21.9. The van der Waals surface area contributed by atoms with E-state index in [1.807, 2.05) is 30.3 Å². The second-order valence-corrected chi connectivity index (χ2v) is 16.0. The van der Waals surface area contributed by atoms with Crippen LogP contribution in [0.3, 0.4) is 0 Å². The van der Waals surface area contributed by atoms with Crippen LogP contribution in [0.5, 0.6) is 11.6 Å². The van der Waals surface area contributed by atoms with Crippen LogP contribution in [-0.2, 0) is 16.6 Å². The predicted octanol–water partition coefficient (Wildman–Crippen LogP) is 6.55. The minimum absolute atomic E-state index is 0.122. The molecular weight excluding hydrogens is 690 g/mol. The molecule has 6 rings (SSSR count). The summed E-state index contributed by atoms with van der Waals surface area (Å²) in [5.74, 6) is 1.77. The van der Waals surface area contributed by atoms with Gasteiger partial charge in [0.2, 0.25) is 5.88 Å². The van der Waals surface area contributed by atoms with Gasteiger partial charge in [-0.25, -0.2) is 19.4 Å². The third-order valence-electron chi connectivity index (χ3n) is 9.42. The maximum Gasteiger partial charge on any atom is 0.282 e. The number of rotatable bonds is 16. The van der Waals surface area contributed by atoms with Gasteiger partial charge >= 0.3 is 0 Å². The van der Waals surface area contributed by atoms with Gasteiger partial charge in [0.05, 0.1) is 12.2 Å². The van der Waals surface area contributed by atoms with Crippen molar-refractivity contribution in [1.29, 1.82) is 0 Å². The smallest absolute Gasteiger partial charge is 0.282 e. The molecule has 14 heteroatoms. The van der Waals surface area contributed by atoms with Gasteiger partial charge in [0.25, 0.3) is 15.9 Å². The lowest BCUT2D eigenvalue weighted by molar-refractivity contribution is 0.0981. The number of nitrogens with one attached hydrogen (secondary N) is 3. The highest BCUT2D eigenvalue weighted by molar-refractivity contribution is 7.90. The number of nitrogens with zero attached hydrogens (tertiary/aromatic N) is 4.